The van der Waals surface area contributed by atoms with Crippen LogP contribution in [-0.4, -0.2) is 81.2 Å². The first-order chi connectivity index (χ1) is 17.4. The molecule has 9 nitrogen and oxygen atoms in total. The minimum absolute atomic E-state index is 0.152. The van der Waals surface area contributed by atoms with E-state index in [1.54, 1.807) is 25.7 Å². The number of carboxylic acids is 1. The molecule has 2 aliphatic heterocycles. The number of hydrogen-bond acceptors (Lipinski definition) is 6. The Balaban J connectivity index is 1.78. The molecule has 2 heterocycles. The first-order valence-electron chi connectivity index (χ1n) is 12.8. The molecule has 0 aliphatic carbocycles. The average Bonchev–Trinajstić information content (AvgIpc) is 3.36. The molecule has 0 aromatic heterocycles. The average molecular weight is 534 g/mol. The number of carboxylic acid groups (broad SMARTS) is 1. The van der Waals surface area contributed by atoms with Gasteiger partial charge in [0.2, 0.25) is 11.8 Å². The van der Waals surface area contributed by atoms with Crippen molar-refractivity contribution >= 4 is 35.6 Å². The van der Waals surface area contributed by atoms with Gasteiger partial charge in [-0.1, -0.05) is 50.6 Å². The second kappa shape index (κ2) is 11.8. The molecule has 0 radical (unpaired) electrons. The summed E-state index contributed by atoms with van der Waals surface area (Å²) in [6.45, 7) is 9.73. The van der Waals surface area contributed by atoms with Crippen molar-refractivity contribution in [3.63, 3.8) is 0 Å². The van der Waals surface area contributed by atoms with Crippen molar-refractivity contribution in [1.82, 2.24) is 15.1 Å². The third-order valence-electron chi connectivity index (χ3n) is 7.25. The molecule has 10 heteroatoms. The Labute approximate surface area is 223 Å². The smallest absolute Gasteiger partial charge is 0.411 e. The molecule has 1 unspecified atom stereocenters. The van der Waals surface area contributed by atoms with Crippen molar-refractivity contribution < 1.29 is 29.0 Å². The van der Waals surface area contributed by atoms with Crippen LogP contribution >= 0.6 is 11.8 Å². The van der Waals surface area contributed by atoms with Gasteiger partial charge in [0.1, 0.15) is 17.7 Å². The number of likely N-dealkylation sites (tertiary alicyclic amines) is 1. The van der Waals surface area contributed by atoms with E-state index in [4.69, 9.17) is 4.74 Å². The van der Waals surface area contributed by atoms with Gasteiger partial charge in [-0.25, -0.2) is 9.59 Å². The lowest BCUT2D eigenvalue weighted by Gasteiger charge is -2.42. The molecule has 1 aromatic rings. The molecule has 2 N–H and O–H groups in total. The van der Waals surface area contributed by atoms with Crippen molar-refractivity contribution in [1.29, 1.82) is 0 Å². The Kier molecular flexibility index (Phi) is 9.15. The summed E-state index contributed by atoms with van der Waals surface area (Å²) in [7, 11) is 0. The van der Waals surface area contributed by atoms with Crippen molar-refractivity contribution in [3.8, 4) is 0 Å². The molecule has 2 saturated heterocycles. The molecule has 37 heavy (non-hydrogen) atoms. The maximum absolute atomic E-state index is 13.7. The second-order valence-electron chi connectivity index (χ2n) is 10.9. The molecule has 3 amide bonds. The van der Waals surface area contributed by atoms with Gasteiger partial charge in [-0.15, -0.1) is 11.8 Å². The van der Waals surface area contributed by atoms with Crippen LogP contribution in [0.25, 0.3) is 0 Å². The summed E-state index contributed by atoms with van der Waals surface area (Å²) in [4.78, 5) is 55.0. The first-order valence-corrected chi connectivity index (χ1v) is 14.0. The van der Waals surface area contributed by atoms with Crippen LogP contribution in [0.5, 0.6) is 0 Å². The fourth-order valence-corrected chi connectivity index (χ4v) is 5.97. The number of carbonyl (C=O) groups is 4. The fourth-order valence-electron chi connectivity index (χ4n) is 4.83. The number of nitrogens with zero attached hydrogens (tertiary/aromatic N) is 2. The van der Waals surface area contributed by atoms with Gasteiger partial charge in [0.05, 0.1) is 11.3 Å². The van der Waals surface area contributed by atoms with Crippen molar-refractivity contribution in [3.05, 3.63) is 35.9 Å². The molecule has 204 valence electrons. The van der Waals surface area contributed by atoms with Gasteiger partial charge in [0, 0.05) is 18.8 Å². The first kappa shape index (κ1) is 28.8. The minimum Gasteiger partial charge on any atom is -0.480 e. The minimum atomic E-state index is -1.06. The number of aliphatic carboxylic acids is 1. The highest BCUT2D eigenvalue weighted by Gasteiger charge is 2.47. The molecule has 3 atom stereocenters. The standard InChI is InChI=1S/C27H39N3O6S/c1-6-18(2)21(23(32)33)28-24(34)27(19-10-8-7-9-11-19)12-14-29(15-13-27)22(31)20-16-37-17-30(20)25(35)36-26(3,4)5/h7-11,18,20-21H,6,12-17H2,1-5H3,(H,28,34)(H,32,33)/t18?,20-,21+/m1/s1. The zero-order chi connectivity index (χ0) is 27.4. The summed E-state index contributed by atoms with van der Waals surface area (Å²) in [6.07, 6.45) is 0.822. The topological polar surface area (TPSA) is 116 Å². The quantitative estimate of drug-likeness (QED) is 0.551. The molecular formula is C27H39N3O6S. The molecule has 0 spiro atoms. The molecule has 2 aliphatic rings. The zero-order valence-corrected chi connectivity index (χ0v) is 23.2. The summed E-state index contributed by atoms with van der Waals surface area (Å²) in [6, 6.07) is 7.76. The van der Waals surface area contributed by atoms with Gasteiger partial charge in [0.25, 0.3) is 0 Å². The van der Waals surface area contributed by atoms with Crippen LogP contribution in [0.4, 0.5) is 4.79 Å². The van der Waals surface area contributed by atoms with E-state index in [0.29, 0.717) is 44.0 Å². The van der Waals surface area contributed by atoms with E-state index >= 15 is 0 Å². The van der Waals surface area contributed by atoms with Crippen LogP contribution in [0.2, 0.25) is 0 Å². The molecule has 1 aromatic carbocycles. The second-order valence-corrected chi connectivity index (χ2v) is 11.9. The van der Waals surface area contributed by atoms with Gasteiger partial charge in [-0.3, -0.25) is 14.5 Å². The zero-order valence-electron chi connectivity index (χ0n) is 22.4. The summed E-state index contributed by atoms with van der Waals surface area (Å²) in [5.74, 6) is -0.879. The van der Waals surface area contributed by atoms with Gasteiger partial charge in [0.15, 0.2) is 0 Å². The van der Waals surface area contributed by atoms with E-state index in [2.05, 4.69) is 5.32 Å². The number of thioether (sulfide) groups is 1. The van der Waals surface area contributed by atoms with Gasteiger partial charge in [-0.05, 0) is 45.1 Å². The van der Waals surface area contributed by atoms with Gasteiger partial charge in [-0.2, -0.15) is 0 Å². The lowest BCUT2D eigenvalue weighted by atomic mass is 9.71. The third kappa shape index (κ3) is 6.58. The Morgan fingerprint density at radius 1 is 1.16 bits per heavy atom. The van der Waals surface area contributed by atoms with Crippen molar-refractivity contribution in [2.45, 2.75) is 77.0 Å². The van der Waals surface area contributed by atoms with E-state index in [-0.39, 0.29) is 17.7 Å². The van der Waals surface area contributed by atoms with E-state index in [0.717, 1.165) is 5.56 Å². The number of carbonyl (C=O) groups excluding carboxylic acids is 3. The highest BCUT2D eigenvalue weighted by atomic mass is 32.2. The summed E-state index contributed by atoms with van der Waals surface area (Å²) < 4.78 is 5.50. The Bertz CT molecular complexity index is 988. The van der Waals surface area contributed by atoms with E-state index < -0.39 is 35.2 Å². The van der Waals surface area contributed by atoms with Crippen LogP contribution in [-0.2, 0) is 24.5 Å². The third-order valence-corrected chi connectivity index (χ3v) is 8.26. The number of amides is 3. The van der Waals surface area contributed by atoms with Crippen molar-refractivity contribution in [2.75, 3.05) is 24.7 Å². The van der Waals surface area contributed by atoms with Crippen LogP contribution in [0, 0.1) is 5.92 Å². The molecule has 0 saturated carbocycles. The molecule has 0 bridgehead atoms. The molecule has 3 rings (SSSR count). The van der Waals surface area contributed by atoms with Gasteiger partial charge < -0.3 is 20.1 Å². The van der Waals surface area contributed by atoms with Crippen molar-refractivity contribution in [2.24, 2.45) is 5.92 Å². The number of ether oxygens (including phenoxy) is 1. The Morgan fingerprint density at radius 3 is 2.32 bits per heavy atom. The largest absolute Gasteiger partial charge is 0.480 e. The summed E-state index contributed by atoms with van der Waals surface area (Å²) >= 11 is 1.51. The maximum atomic E-state index is 13.7. The van der Waals surface area contributed by atoms with Crippen LogP contribution < -0.4 is 5.32 Å². The normalized spacial score (nSPS) is 21.2. The lowest BCUT2D eigenvalue weighted by molar-refractivity contribution is -0.145. The number of benzene rings is 1. The predicted octanol–water partition coefficient (Wildman–Crippen LogP) is 3.47. The highest BCUT2D eigenvalue weighted by molar-refractivity contribution is 7.99. The monoisotopic (exact) mass is 533 g/mol. The van der Waals surface area contributed by atoms with E-state index in [1.165, 1.54) is 16.7 Å². The lowest BCUT2D eigenvalue weighted by Crippen LogP contribution is -2.58. The van der Waals surface area contributed by atoms with Gasteiger partial charge >= 0.3 is 12.1 Å². The molecular weight excluding hydrogens is 494 g/mol. The summed E-state index contributed by atoms with van der Waals surface area (Å²) in [5, 5.41) is 12.5. The fraction of sp³-hybridized carbons (Fsp3) is 0.630. The van der Waals surface area contributed by atoms with Crippen LogP contribution in [0.3, 0.4) is 0 Å². The Hall–Kier alpha value is -2.75. The molecule has 2 fully saturated rings. The number of piperidine rings is 1. The van der Waals surface area contributed by atoms with Crippen LogP contribution in [0.1, 0.15) is 59.4 Å². The maximum Gasteiger partial charge on any atom is 0.411 e. The van der Waals surface area contributed by atoms with E-state index in [1.807, 2.05) is 44.2 Å². The number of hydrogen-bond donors (Lipinski definition) is 2. The van der Waals surface area contributed by atoms with Crippen LogP contribution in [0.15, 0.2) is 30.3 Å². The SMILES string of the molecule is CCC(C)[C@H](NC(=O)C1(c2ccccc2)CCN(C(=O)[C@H]2CSCN2C(=O)OC(C)(C)C)CC1)C(=O)O. The Morgan fingerprint density at radius 2 is 1.78 bits per heavy atom. The predicted molar refractivity (Wildman–Crippen MR) is 142 cm³/mol. The summed E-state index contributed by atoms with van der Waals surface area (Å²) in [5.41, 5.74) is -0.803. The number of nitrogens with one attached hydrogen (secondary N) is 1. The van der Waals surface area contributed by atoms with E-state index in [9.17, 15) is 24.3 Å². The highest BCUT2D eigenvalue weighted by Crippen LogP contribution is 2.37. The number of rotatable bonds is 7.